The molecule has 24 heavy (non-hydrogen) atoms. The van der Waals surface area contributed by atoms with E-state index in [-0.39, 0.29) is 5.91 Å². The quantitative estimate of drug-likeness (QED) is 0.745. The van der Waals surface area contributed by atoms with Gasteiger partial charge in [-0.3, -0.25) is 9.48 Å². The maximum Gasteiger partial charge on any atom is 0.256 e. The second-order valence-corrected chi connectivity index (χ2v) is 6.25. The molecule has 3 rings (SSSR count). The van der Waals surface area contributed by atoms with Gasteiger partial charge in [0.05, 0.1) is 11.3 Å². The van der Waals surface area contributed by atoms with Crippen molar-refractivity contribution in [2.24, 2.45) is 7.05 Å². The summed E-state index contributed by atoms with van der Waals surface area (Å²) in [6.45, 7) is 4.48. The summed E-state index contributed by atoms with van der Waals surface area (Å²) >= 11 is 6.13. The van der Waals surface area contributed by atoms with Crippen molar-refractivity contribution < 1.29 is 4.79 Å². The molecule has 1 aromatic carbocycles. The largest absolute Gasteiger partial charge is 0.361 e. The highest BCUT2D eigenvalue weighted by atomic mass is 35.5. The van der Waals surface area contributed by atoms with Gasteiger partial charge in [-0.2, -0.15) is 5.10 Å². The van der Waals surface area contributed by atoms with Crippen LogP contribution < -0.4 is 5.32 Å². The van der Waals surface area contributed by atoms with E-state index in [1.165, 1.54) is 26.7 Å². The average Bonchev–Trinajstić information content (AvgIpc) is 3.08. The van der Waals surface area contributed by atoms with Gasteiger partial charge < -0.3 is 10.3 Å². The van der Waals surface area contributed by atoms with Gasteiger partial charge in [-0.05, 0) is 30.9 Å². The number of rotatable bonds is 5. The molecule has 0 spiro atoms. The van der Waals surface area contributed by atoms with E-state index in [0.29, 0.717) is 23.0 Å². The number of fused-ring (bicyclic) bond motifs is 1. The molecule has 3 aromatic rings. The van der Waals surface area contributed by atoms with Crippen molar-refractivity contribution in [2.45, 2.75) is 26.7 Å². The van der Waals surface area contributed by atoms with Crippen LogP contribution in [0, 0.1) is 6.92 Å². The third-order valence-corrected chi connectivity index (χ3v) is 4.76. The lowest BCUT2D eigenvalue weighted by Gasteiger charge is -2.05. The van der Waals surface area contributed by atoms with E-state index in [1.54, 1.807) is 14.0 Å². The van der Waals surface area contributed by atoms with E-state index in [1.807, 2.05) is 6.20 Å². The molecule has 6 heteroatoms. The monoisotopic (exact) mass is 344 g/mol. The first-order valence-electron chi connectivity index (χ1n) is 8.08. The van der Waals surface area contributed by atoms with Gasteiger partial charge in [0.25, 0.3) is 5.91 Å². The Hall–Kier alpha value is -2.27. The van der Waals surface area contributed by atoms with Crippen LogP contribution in [-0.4, -0.2) is 27.2 Å². The summed E-state index contributed by atoms with van der Waals surface area (Å²) in [5.41, 5.74) is 4.79. The Morgan fingerprint density at radius 3 is 2.83 bits per heavy atom. The Bertz CT molecular complexity index is 894. The lowest BCUT2D eigenvalue weighted by molar-refractivity contribution is 0.0953. The molecule has 1 amide bonds. The smallest absolute Gasteiger partial charge is 0.256 e. The van der Waals surface area contributed by atoms with Crippen LogP contribution in [0.25, 0.3) is 10.9 Å². The summed E-state index contributed by atoms with van der Waals surface area (Å²) in [7, 11) is 1.73. The number of para-hydroxylation sites is 1. The number of hydrogen-bond donors (Lipinski definition) is 2. The van der Waals surface area contributed by atoms with E-state index in [9.17, 15) is 4.79 Å². The Morgan fingerprint density at radius 1 is 1.38 bits per heavy atom. The molecule has 2 aromatic heterocycles. The molecule has 2 heterocycles. The number of benzene rings is 1. The first kappa shape index (κ1) is 16.6. The minimum Gasteiger partial charge on any atom is -0.361 e. The number of carbonyl (C=O) groups excluding carboxylic acids is 1. The zero-order valence-electron chi connectivity index (χ0n) is 14.1. The summed E-state index contributed by atoms with van der Waals surface area (Å²) in [6.07, 6.45) is 3.78. The predicted molar refractivity (Wildman–Crippen MR) is 96.7 cm³/mol. The highest BCUT2D eigenvalue weighted by Gasteiger charge is 2.18. The van der Waals surface area contributed by atoms with E-state index < -0.39 is 0 Å². The number of hydrogen-bond acceptors (Lipinski definition) is 2. The number of nitrogens with zero attached hydrogens (tertiary/aromatic N) is 2. The third kappa shape index (κ3) is 2.91. The molecule has 0 saturated carbocycles. The molecule has 0 bridgehead atoms. The molecule has 0 aliphatic carbocycles. The number of amides is 1. The molecule has 0 fully saturated rings. The topological polar surface area (TPSA) is 62.7 Å². The molecule has 0 aliphatic heterocycles. The van der Waals surface area contributed by atoms with Crippen LogP contribution in [0.15, 0.2) is 24.4 Å². The van der Waals surface area contributed by atoms with Gasteiger partial charge in [0.15, 0.2) is 0 Å². The van der Waals surface area contributed by atoms with E-state index in [0.717, 1.165) is 12.8 Å². The summed E-state index contributed by atoms with van der Waals surface area (Å²) in [5, 5.41) is 8.69. The number of carbonyl (C=O) groups is 1. The zero-order chi connectivity index (χ0) is 17.3. The fourth-order valence-corrected chi connectivity index (χ4v) is 3.32. The molecule has 2 N–H and O–H groups in total. The number of aryl methyl sites for hydroxylation is 3. The average molecular weight is 345 g/mol. The molecule has 0 atom stereocenters. The number of halogens is 1. The summed E-state index contributed by atoms with van der Waals surface area (Å²) in [5.74, 6) is -0.181. The summed E-state index contributed by atoms with van der Waals surface area (Å²) < 4.78 is 1.51. The Balaban J connectivity index is 1.70. The van der Waals surface area contributed by atoms with E-state index in [2.05, 4.69) is 40.5 Å². The number of H-pyrrole nitrogens is 1. The zero-order valence-corrected chi connectivity index (χ0v) is 14.9. The number of aromatic nitrogens is 3. The van der Waals surface area contributed by atoms with Crippen molar-refractivity contribution in [1.82, 2.24) is 20.1 Å². The fourth-order valence-electron chi connectivity index (χ4n) is 3.06. The first-order valence-corrected chi connectivity index (χ1v) is 8.45. The fraction of sp³-hybridized carbons (Fsp3) is 0.333. The van der Waals surface area contributed by atoms with Crippen molar-refractivity contribution in [2.75, 3.05) is 6.54 Å². The van der Waals surface area contributed by atoms with Crippen molar-refractivity contribution in [3.05, 3.63) is 51.9 Å². The van der Waals surface area contributed by atoms with Crippen LogP contribution >= 0.6 is 11.6 Å². The Morgan fingerprint density at radius 2 is 2.17 bits per heavy atom. The van der Waals surface area contributed by atoms with Crippen LogP contribution in [0.1, 0.15) is 34.1 Å². The molecule has 5 nitrogen and oxygen atoms in total. The van der Waals surface area contributed by atoms with Gasteiger partial charge in [-0.1, -0.05) is 36.7 Å². The van der Waals surface area contributed by atoms with Gasteiger partial charge in [-0.25, -0.2) is 0 Å². The van der Waals surface area contributed by atoms with Gasteiger partial charge in [0.2, 0.25) is 0 Å². The summed E-state index contributed by atoms with van der Waals surface area (Å²) in [4.78, 5) is 15.7. The molecule has 0 unspecified atom stereocenters. The van der Waals surface area contributed by atoms with Crippen LogP contribution in [0.4, 0.5) is 0 Å². The Kier molecular flexibility index (Phi) is 4.62. The maximum atomic E-state index is 12.3. The number of nitrogens with one attached hydrogen (secondary N) is 2. The molecule has 0 saturated heterocycles. The molecule has 0 radical (unpaired) electrons. The van der Waals surface area contributed by atoms with Crippen LogP contribution in [0.3, 0.4) is 0 Å². The highest BCUT2D eigenvalue weighted by molar-refractivity contribution is 6.33. The van der Waals surface area contributed by atoms with E-state index in [4.69, 9.17) is 11.6 Å². The lowest BCUT2D eigenvalue weighted by Crippen LogP contribution is -2.26. The molecular weight excluding hydrogens is 324 g/mol. The number of aromatic amines is 1. The Labute approximate surface area is 146 Å². The molecule has 0 aliphatic rings. The van der Waals surface area contributed by atoms with Crippen molar-refractivity contribution in [1.29, 1.82) is 0 Å². The standard InChI is InChI=1S/C18H21ClN4O/c1-4-12-6-5-7-14-13(10-21-16(12)14)8-9-20-18(24)15-11(2)22-23(3)17(15)19/h5-7,10,21H,4,8-9H2,1-3H3,(H,20,24). The van der Waals surface area contributed by atoms with Gasteiger partial charge >= 0.3 is 0 Å². The first-order chi connectivity index (χ1) is 11.5. The SMILES string of the molecule is CCc1cccc2c(CCNC(=O)c3c(C)nn(C)c3Cl)c[nH]c12. The van der Waals surface area contributed by atoms with Crippen molar-refractivity contribution >= 4 is 28.4 Å². The lowest BCUT2D eigenvalue weighted by atomic mass is 10.1. The predicted octanol–water partition coefficient (Wildman–Crippen LogP) is 3.40. The second kappa shape index (κ2) is 6.69. The second-order valence-electron chi connectivity index (χ2n) is 5.89. The minimum absolute atomic E-state index is 0.181. The highest BCUT2D eigenvalue weighted by Crippen LogP contribution is 2.22. The van der Waals surface area contributed by atoms with Crippen molar-refractivity contribution in [3.63, 3.8) is 0 Å². The molecular formula is C18H21ClN4O. The van der Waals surface area contributed by atoms with Crippen LogP contribution in [0.5, 0.6) is 0 Å². The maximum absolute atomic E-state index is 12.3. The van der Waals surface area contributed by atoms with Crippen LogP contribution in [0.2, 0.25) is 5.15 Å². The van der Waals surface area contributed by atoms with Crippen LogP contribution in [-0.2, 0) is 19.9 Å². The van der Waals surface area contributed by atoms with Gasteiger partial charge in [-0.15, -0.1) is 0 Å². The van der Waals surface area contributed by atoms with E-state index >= 15 is 0 Å². The third-order valence-electron chi connectivity index (χ3n) is 4.33. The summed E-state index contributed by atoms with van der Waals surface area (Å²) in [6, 6.07) is 6.33. The molecule has 126 valence electrons. The minimum atomic E-state index is -0.181. The van der Waals surface area contributed by atoms with Crippen molar-refractivity contribution in [3.8, 4) is 0 Å². The van der Waals surface area contributed by atoms with Gasteiger partial charge in [0.1, 0.15) is 5.15 Å². The normalized spacial score (nSPS) is 11.2. The van der Waals surface area contributed by atoms with Gasteiger partial charge in [0, 0.05) is 30.7 Å².